The second-order valence-corrected chi connectivity index (χ2v) is 2.58. The summed E-state index contributed by atoms with van der Waals surface area (Å²) >= 11 is 0. The lowest BCUT2D eigenvalue weighted by Gasteiger charge is -2.09. The number of benzene rings is 1. The summed E-state index contributed by atoms with van der Waals surface area (Å²) in [5, 5.41) is 0. The van der Waals surface area contributed by atoms with Crippen LogP contribution in [0.15, 0.2) is 24.3 Å². The van der Waals surface area contributed by atoms with Crippen molar-refractivity contribution >= 4 is 0 Å². The van der Waals surface area contributed by atoms with Gasteiger partial charge < -0.3 is 15.2 Å². The highest BCUT2D eigenvalue weighted by molar-refractivity contribution is 5.39. The summed E-state index contributed by atoms with van der Waals surface area (Å²) in [6.07, 6.45) is 0. The van der Waals surface area contributed by atoms with Crippen LogP contribution in [-0.2, 0) is 0 Å². The van der Waals surface area contributed by atoms with Crippen LogP contribution >= 0.6 is 0 Å². The van der Waals surface area contributed by atoms with Crippen LogP contribution in [0.25, 0.3) is 0 Å². The number of ether oxygens (including phenoxy) is 2. The van der Waals surface area contributed by atoms with Crippen LogP contribution in [0.3, 0.4) is 0 Å². The normalized spacial score (nSPS) is 9.69. The predicted molar refractivity (Wildman–Crippen MR) is 50.9 cm³/mol. The van der Waals surface area contributed by atoms with Crippen molar-refractivity contribution in [2.45, 2.75) is 6.92 Å². The molecule has 0 bridgehead atoms. The van der Waals surface area contributed by atoms with E-state index in [0.29, 0.717) is 13.2 Å². The molecule has 13 heavy (non-hydrogen) atoms. The molecule has 0 radical (unpaired) electrons. The summed E-state index contributed by atoms with van der Waals surface area (Å²) in [7, 11) is 0. The van der Waals surface area contributed by atoms with Crippen LogP contribution in [0.4, 0.5) is 0 Å². The summed E-state index contributed by atoms with van der Waals surface area (Å²) in [6, 6.07) is 7.67. The first-order chi connectivity index (χ1) is 6.38. The molecule has 72 valence electrons. The number of para-hydroxylation sites is 2. The topological polar surface area (TPSA) is 46.1 Å². The molecule has 0 saturated heterocycles. The van der Waals surface area contributed by atoms with Gasteiger partial charge in [-0.05, 0) is 19.1 Å². The molecule has 3 nitrogen and oxygen atoms in total. The van der Waals surface area contributed by atoms with Crippen molar-refractivity contribution in [3.63, 3.8) is 0 Å². The Kier molecular flexibility index (Phi) is 4.12. The molecule has 0 unspecified atom stereocenters. The molecule has 0 aromatic heterocycles. The van der Waals surface area contributed by atoms with E-state index >= 15 is 0 Å². The fraction of sp³-hybridized carbons (Fsp3) is 0.400. The maximum atomic E-state index is 5.45. The molecule has 0 saturated carbocycles. The molecule has 0 amide bonds. The molecule has 0 spiro atoms. The van der Waals surface area contributed by atoms with E-state index in [0.717, 1.165) is 18.0 Å². The van der Waals surface area contributed by atoms with E-state index < -0.39 is 0 Å². The average Bonchev–Trinajstić information content (AvgIpc) is 2.17. The minimum absolute atomic E-state index is 0.629. The van der Waals surface area contributed by atoms with Gasteiger partial charge in [0.05, 0.1) is 6.61 Å². The van der Waals surface area contributed by atoms with Crippen molar-refractivity contribution in [1.29, 1.82) is 0 Å². The van der Waals surface area contributed by atoms with Crippen LogP contribution in [0.1, 0.15) is 6.92 Å². The minimum atomic E-state index is 0.629. The van der Waals surface area contributed by atoms with E-state index in [4.69, 9.17) is 9.47 Å². The predicted octanol–water partition coefficient (Wildman–Crippen LogP) is 0.706. The molecule has 0 atom stereocenters. The van der Waals surface area contributed by atoms with Gasteiger partial charge in [0.2, 0.25) is 0 Å². The molecule has 0 heterocycles. The minimum Gasteiger partial charge on any atom is -0.490 e. The van der Waals surface area contributed by atoms with Crippen molar-refractivity contribution in [3.05, 3.63) is 24.3 Å². The van der Waals surface area contributed by atoms with Crippen molar-refractivity contribution < 1.29 is 15.2 Å². The molecule has 0 aliphatic carbocycles. The third-order valence-corrected chi connectivity index (χ3v) is 1.55. The second-order valence-electron chi connectivity index (χ2n) is 2.58. The summed E-state index contributed by atoms with van der Waals surface area (Å²) in [6.45, 7) is 4.01. The average molecular weight is 182 g/mol. The van der Waals surface area contributed by atoms with Gasteiger partial charge in [0.25, 0.3) is 0 Å². The number of quaternary nitrogens is 1. The molecule has 0 aliphatic heterocycles. The molecule has 1 rings (SSSR count). The number of rotatable bonds is 5. The Bertz CT molecular complexity index is 250. The van der Waals surface area contributed by atoms with Crippen molar-refractivity contribution in [1.82, 2.24) is 0 Å². The highest BCUT2D eigenvalue weighted by Crippen LogP contribution is 2.25. The first-order valence-corrected chi connectivity index (χ1v) is 4.52. The zero-order valence-electron chi connectivity index (χ0n) is 7.95. The number of hydrogen-bond donors (Lipinski definition) is 1. The van der Waals surface area contributed by atoms with E-state index in [1.54, 1.807) is 0 Å². The van der Waals surface area contributed by atoms with Crippen LogP contribution in [0, 0.1) is 0 Å². The van der Waals surface area contributed by atoms with Crippen molar-refractivity contribution in [2.75, 3.05) is 19.8 Å². The lowest BCUT2D eigenvalue weighted by atomic mass is 10.3. The van der Waals surface area contributed by atoms with Crippen LogP contribution in [0.2, 0.25) is 0 Å². The fourth-order valence-electron chi connectivity index (χ4n) is 1.03. The molecular formula is C10H16NO2+. The van der Waals surface area contributed by atoms with E-state index in [9.17, 15) is 0 Å². The maximum Gasteiger partial charge on any atom is 0.161 e. The summed E-state index contributed by atoms with van der Waals surface area (Å²) in [5.74, 6) is 1.60. The Morgan fingerprint density at radius 3 is 2.31 bits per heavy atom. The Balaban J connectivity index is 2.66. The summed E-state index contributed by atoms with van der Waals surface area (Å²) in [5.41, 5.74) is 3.71. The molecular weight excluding hydrogens is 166 g/mol. The smallest absolute Gasteiger partial charge is 0.161 e. The van der Waals surface area contributed by atoms with E-state index in [-0.39, 0.29) is 0 Å². The molecule has 3 N–H and O–H groups in total. The van der Waals surface area contributed by atoms with Crippen molar-refractivity contribution in [3.8, 4) is 11.5 Å². The van der Waals surface area contributed by atoms with Gasteiger partial charge in [0, 0.05) is 0 Å². The van der Waals surface area contributed by atoms with Gasteiger partial charge in [-0.15, -0.1) is 0 Å². The maximum absolute atomic E-state index is 5.45. The second kappa shape index (κ2) is 5.43. The highest BCUT2D eigenvalue weighted by Gasteiger charge is 2.01. The monoisotopic (exact) mass is 182 g/mol. The molecule has 1 aromatic carbocycles. The molecule has 0 fully saturated rings. The Labute approximate surface area is 78.5 Å². The molecule has 0 aliphatic rings. The third kappa shape index (κ3) is 2.95. The highest BCUT2D eigenvalue weighted by atomic mass is 16.5. The van der Waals surface area contributed by atoms with Gasteiger partial charge in [-0.1, -0.05) is 12.1 Å². The Hall–Kier alpha value is -1.22. The van der Waals surface area contributed by atoms with Gasteiger partial charge in [-0.3, -0.25) is 0 Å². The van der Waals surface area contributed by atoms with E-state index in [1.165, 1.54) is 0 Å². The van der Waals surface area contributed by atoms with Gasteiger partial charge in [-0.2, -0.15) is 0 Å². The fourth-order valence-corrected chi connectivity index (χ4v) is 1.03. The van der Waals surface area contributed by atoms with Crippen LogP contribution < -0.4 is 15.2 Å². The molecule has 1 aromatic rings. The standard InChI is InChI=1S/C10H15NO2/c1-2-12-9-5-3-4-6-10(9)13-8-7-11/h3-6H,2,7-8,11H2,1H3/p+1. The van der Waals surface area contributed by atoms with E-state index in [1.807, 2.05) is 31.2 Å². The zero-order valence-corrected chi connectivity index (χ0v) is 7.95. The summed E-state index contributed by atoms with van der Waals surface area (Å²) < 4.78 is 10.8. The third-order valence-electron chi connectivity index (χ3n) is 1.55. The SMILES string of the molecule is CCOc1ccccc1OCC[NH3+]. The zero-order chi connectivity index (χ0) is 9.52. The molecule has 3 heteroatoms. The first-order valence-electron chi connectivity index (χ1n) is 4.52. The van der Waals surface area contributed by atoms with Crippen LogP contribution in [0.5, 0.6) is 11.5 Å². The Morgan fingerprint density at radius 1 is 1.15 bits per heavy atom. The van der Waals surface area contributed by atoms with Gasteiger partial charge in [0.1, 0.15) is 13.2 Å². The number of hydrogen-bond acceptors (Lipinski definition) is 2. The van der Waals surface area contributed by atoms with Gasteiger partial charge >= 0.3 is 0 Å². The van der Waals surface area contributed by atoms with Crippen molar-refractivity contribution in [2.24, 2.45) is 0 Å². The lowest BCUT2D eigenvalue weighted by Crippen LogP contribution is -2.52. The largest absolute Gasteiger partial charge is 0.490 e. The van der Waals surface area contributed by atoms with Gasteiger partial charge in [-0.25, -0.2) is 0 Å². The van der Waals surface area contributed by atoms with Crippen LogP contribution in [-0.4, -0.2) is 19.8 Å². The van der Waals surface area contributed by atoms with Gasteiger partial charge in [0.15, 0.2) is 11.5 Å². The Morgan fingerprint density at radius 2 is 1.77 bits per heavy atom. The quantitative estimate of drug-likeness (QED) is 0.728. The first kappa shape index (κ1) is 9.86. The summed E-state index contributed by atoms with van der Waals surface area (Å²) in [4.78, 5) is 0. The lowest BCUT2D eigenvalue weighted by molar-refractivity contribution is -0.370. The van der Waals surface area contributed by atoms with E-state index in [2.05, 4.69) is 5.73 Å².